The molecule has 2 heteroatoms. The maximum atomic E-state index is 5.78. The molecule has 0 bridgehead atoms. The lowest BCUT2D eigenvalue weighted by Gasteiger charge is -2.10. The fourth-order valence-corrected chi connectivity index (χ4v) is 1.81. The molecule has 0 fully saturated rings. The van der Waals surface area contributed by atoms with Gasteiger partial charge in [-0.3, -0.25) is 0 Å². The Balaban J connectivity index is 2.07. The molecular weight excluding hydrogens is 210 g/mol. The third-order valence-corrected chi connectivity index (χ3v) is 2.68. The van der Waals surface area contributed by atoms with Gasteiger partial charge in [-0.25, -0.2) is 0 Å². The van der Waals surface area contributed by atoms with E-state index in [1.54, 1.807) is 0 Å². The highest BCUT2D eigenvalue weighted by Gasteiger charge is 2.00. The van der Waals surface area contributed by atoms with Crippen LogP contribution in [0.3, 0.4) is 0 Å². The van der Waals surface area contributed by atoms with E-state index in [0.29, 0.717) is 6.61 Å². The van der Waals surface area contributed by atoms with Crippen molar-refractivity contribution in [3.05, 3.63) is 59.2 Å². The van der Waals surface area contributed by atoms with Gasteiger partial charge in [0.2, 0.25) is 0 Å². The molecule has 2 rings (SSSR count). The molecule has 0 aromatic heterocycles. The van der Waals surface area contributed by atoms with Crippen molar-refractivity contribution in [3.8, 4) is 5.75 Å². The number of anilines is 1. The molecule has 0 saturated heterocycles. The summed E-state index contributed by atoms with van der Waals surface area (Å²) in [5.41, 5.74) is 9.99. The quantitative estimate of drug-likeness (QED) is 0.815. The molecule has 2 nitrogen and oxygen atoms in total. The first-order valence-corrected chi connectivity index (χ1v) is 5.69. The third-order valence-electron chi connectivity index (χ3n) is 2.68. The standard InChI is InChI=1S/C15H17NO/c1-11-6-7-15(12(2)8-11)17-10-13-4-3-5-14(16)9-13/h3-9H,10,16H2,1-2H3. The Kier molecular flexibility index (Phi) is 3.33. The number of rotatable bonds is 3. The average Bonchev–Trinajstić information content (AvgIpc) is 2.28. The van der Waals surface area contributed by atoms with Gasteiger partial charge in [-0.15, -0.1) is 0 Å². The van der Waals surface area contributed by atoms with Crippen LogP contribution in [0.15, 0.2) is 42.5 Å². The zero-order valence-corrected chi connectivity index (χ0v) is 10.2. The summed E-state index contributed by atoms with van der Waals surface area (Å²) in [7, 11) is 0. The summed E-state index contributed by atoms with van der Waals surface area (Å²) in [6.45, 7) is 4.69. The highest BCUT2D eigenvalue weighted by Crippen LogP contribution is 2.20. The van der Waals surface area contributed by atoms with E-state index in [0.717, 1.165) is 22.6 Å². The van der Waals surface area contributed by atoms with Crippen LogP contribution < -0.4 is 10.5 Å². The summed E-state index contributed by atoms with van der Waals surface area (Å²) in [4.78, 5) is 0. The Morgan fingerprint density at radius 3 is 2.59 bits per heavy atom. The van der Waals surface area contributed by atoms with E-state index in [2.05, 4.69) is 26.0 Å². The second-order valence-corrected chi connectivity index (χ2v) is 4.30. The minimum Gasteiger partial charge on any atom is -0.489 e. The number of hydrogen-bond acceptors (Lipinski definition) is 2. The molecule has 17 heavy (non-hydrogen) atoms. The van der Waals surface area contributed by atoms with Crippen LogP contribution in [0.25, 0.3) is 0 Å². The molecule has 0 spiro atoms. The number of nitrogens with two attached hydrogens (primary N) is 1. The van der Waals surface area contributed by atoms with Gasteiger partial charge in [0, 0.05) is 5.69 Å². The van der Waals surface area contributed by atoms with Gasteiger partial charge in [-0.1, -0.05) is 29.8 Å². The zero-order valence-electron chi connectivity index (χ0n) is 10.2. The van der Waals surface area contributed by atoms with Gasteiger partial charge in [0.1, 0.15) is 12.4 Å². The van der Waals surface area contributed by atoms with E-state index in [1.807, 2.05) is 30.3 Å². The minimum atomic E-state index is 0.551. The van der Waals surface area contributed by atoms with Gasteiger partial charge < -0.3 is 10.5 Å². The van der Waals surface area contributed by atoms with Crippen LogP contribution >= 0.6 is 0 Å². The number of ether oxygens (including phenoxy) is 1. The summed E-state index contributed by atoms with van der Waals surface area (Å²) in [5.74, 6) is 0.929. The number of nitrogen functional groups attached to an aromatic ring is 1. The van der Waals surface area contributed by atoms with Crippen LogP contribution in [-0.4, -0.2) is 0 Å². The summed E-state index contributed by atoms with van der Waals surface area (Å²) >= 11 is 0. The Bertz CT molecular complexity index is 520. The molecule has 2 N–H and O–H groups in total. The largest absolute Gasteiger partial charge is 0.489 e. The first kappa shape index (κ1) is 11.5. The monoisotopic (exact) mass is 227 g/mol. The minimum absolute atomic E-state index is 0.551. The van der Waals surface area contributed by atoms with Crippen LogP contribution in [0, 0.1) is 13.8 Å². The molecule has 2 aromatic rings. The zero-order chi connectivity index (χ0) is 12.3. The van der Waals surface area contributed by atoms with E-state index in [4.69, 9.17) is 10.5 Å². The molecule has 0 amide bonds. The molecule has 0 aliphatic rings. The van der Waals surface area contributed by atoms with Crippen molar-refractivity contribution >= 4 is 5.69 Å². The molecule has 2 aromatic carbocycles. The SMILES string of the molecule is Cc1ccc(OCc2cccc(N)c2)c(C)c1. The van der Waals surface area contributed by atoms with Crippen molar-refractivity contribution in [2.75, 3.05) is 5.73 Å². The number of benzene rings is 2. The maximum Gasteiger partial charge on any atom is 0.122 e. The fourth-order valence-electron chi connectivity index (χ4n) is 1.81. The summed E-state index contributed by atoms with van der Waals surface area (Å²) in [6.07, 6.45) is 0. The van der Waals surface area contributed by atoms with Gasteiger partial charge >= 0.3 is 0 Å². The number of hydrogen-bond donors (Lipinski definition) is 1. The molecule has 88 valence electrons. The molecular formula is C15H17NO. The average molecular weight is 227 g/mol. The van der Waals surface area contributed by atoms with Crippen molar-refractivity contribution in [1.29, 1.82) is 0 Å². The smallest absolute Gasteiger partial charge is 0.122 e. The lowest BCUT2D eigenvalue weighted by molar-refractivity contribution is 0.304. The Morgan fingerprint density at radius 2 is 1.88 bits per heavy atom. The molecule has 0 aliphatic carbocycles. The molecule has 0 radical (unpaired) electrons. The Morgan fingerprint density at radius 1 is 1.06 bits per heavy atom. The van der Waals surface area contributed by atoms with Crippen molar-refractivity contribution in [2.45, 2.75) is 20.5 Å². The van der Waals surface area contributed by atoms with Crippen LogP contribution in [-0.2, 0) is 6.61 Å². The van der Waals surface area contributed by atoms with Crippen molar-refractivity contribution in [1.82, 2.24) is 0 Å². The van der Waals surface area contributed by atoms with Crippen molar-refractivity contribution in [3.63, 3.8) is 0 Å². The van der Waals surface area contributed by atoms with Gasteiger partial charge in [0.15, 0.2) is 0 Å². The molecule has 0 unspecified atom stereocenters. The molecule has 0 aliphatic heterocycles. The van der Waals surface area contributed by atoms with Gasteiger partial charge in [0.25, 0.3) is 0 Å². The number of aryl methyl sites for hydroxylation is 2. The lowest BCUT2D eigenvalue weighted by atomic mass is 10.1. The second kappa shape index (κ2) is 4.91. The first-order chi connectivity index (χ1) is 8.15. The van der Waals surface area contributed by atoms with Crippen molar-refractivity contribution < 1.29 is 4.74 Å². The van der Waals surface area contributed by atoms with Crippen LogP contribution in [0.4, 0.5) is 5.69 Å². The van der Waals surface area contributed by atoms with Gasteiger partial charge in [0.05, 0.1) is 0 Å². The van der Waals surface area contributed by atoms with E-state index in [1.165, 1.54) is 5.56 Å². The highest BCUT2D eigenvalue weighted by atomic mass is 16.5. The van der Waals surface area contributed by atoms with Crippen LogP contribution in [0.1, 0.15) is 16.7 Å². The van der Waals surface area contributed by atoms with Gasteiger partial charge in [-0.05, 0) is 43.2 Å². The van der Waals surface area contributed by atoms with E-state index in [9.17, 15) is 0 Å². The molecule has 0 atom stereocenters. The predicted molar refractivity (Wildman–Crippen MR) is 71.1 cm³/mol. The van der Waals surface area contributed by atoms with Gasteiger partial charge in [-0.2, -0.15) is 0 Å². The Hall–Kier alpha value is -1.96. The Labute approximate surface area is 102 Å². The van der Waals surface area contributed by atoms with E-state index >= 15 is 0 Å². The normalized spacial score (nSPS) is 10.2. The highest BCUT2D eigenvalue weighted by molar-refractivity contribution is 5.41. The molecule has 0 saturated carbocycles. The predicted octanol–water partition coefficient (Wildman–Crippen LogP) is 3.46. The van der Waals surface area contributed by atoms with E-state index in [-0.39, 0.29) is 0 Å². The molecule has 0 heterocycles. The summed E-state index contributed by atoms with van der Waals surface area (Å²) in [5, 5.41) is 0. The van der Waals surface area contributed by atoms with Crippen LogP contribution in [0.2, 0.25) is 0 Å². The van der Waals surface area contributed by atoms with E-state index < -0.39 is 0 Å². The maximum absolute atomic E-state index is 5.78. The topological polar surface area (TPSA) is 35.2 Å². The summed E-state index contributed by atoms with van der Waals surface area (Å²) in [6, 6.07) is 14.0. The second-order valence-electron chi connectivity index (χ2n) is 4.30. The first-order valence-electron chi connectivity index (χ1n) is 5.69. The third kappa shape index (κ3) is 3.00. The summed E-state index contributed by atoms with van der Waals surface area (Å²) < 4.78 is 5.78. The van der Waals surface area contributed by atoms with Crippen LogP contribution in [0.5, 0.6) is 5.75 Å². The fraction of sp³-hybridized carbons (Fsp3) is 0.200. The van der Waals surface area contributed by atoms with Crippen molar-refractivity contribution in [2.24, 2.45) is 0 Å². The lowest BCUT2D eigenvalue weighted by Crippen LogP contribution is -1.98.